The van der Waals surface area contributed by atoms with Crippen LogP contribution in [0.4, 0.5) is 0 Å². The van der Waals surface area contributed by atoms with Gasteiger partial charge in [0.15, 0.2) is 0 Å². The van der Waals surface area contributed by atoms with Crippen molar-refractivity contribution in [2.75, 3.05) is 0 Å². The molecule has 0 aliphatic carbocycles. The number of carbonyl (C=O) groups is 6. The Morgan fingerprint density at radius 2 is 1.44 bits per heavy atom. The number of carbonyl (C=O) groups excluding carboxylic acids is 5. The summed E-state index contributed by atoms with van der Waals surface area (Å²) in [6.45, 7) is 0. The number of rotatable bonds is 15. The van der Waals surface area contributed by atoms with Crippen LogP contribution in [0.2, 0.25) is 0 Å². The second-order valence-corrected chi connectivity index (χ2v) is 9.31. The number of aromatic amines is 2. The molecule has 0 radical (unpaired) electrons. The molecule has 0 fully saturated rings. The number of hydrogen-bond acceptors (Lipinski definition) is 8. The average Bonchev–Trinajstić information content (AvgIpc) is 3.56. The summed E-state index contributed by atoms with van der Waals surface area (Å²) < 4.78 is 0. The molecule has 0 bridgehead atoms. The van der Waals surface area contributed by atoms with Gasteiger partial charge in [0.1, 0.15) is 18.1 Å². The summed E-state index contributed by atoms with van der Waals surface area (Å²) in [6, 6.07) is 1.45. The van der Waals surface area contributed by atoms with Crippen LogP contribution in [0.25, 0.3) is 10.9 Å². The van der Waals surface area contributed by atoms with Crippen molar-refractivity contribution in [3.8, 4) is 0 Å². The molecule has 4 unspecified atom stereocenters. The van der Waals surface area contributed by atoms with Crippen LogP contribution in [0, 0.1) is 0 Å². The first-order valence-electron chi connectivity index (χ1n) is 12.4. The molecule has 218 valence electrons. The molecule has 0 saturated carbocycles. The molecule has 2 heterocycles. The molecule has 16 heteroatoms. The molecule has 3 rings (SSSR count). The first kappa shape index (κ1) is 30.3. The minimum absolute atomic E-state index is 0.0543. The highest BCUT2D eigenvalue weighted by atomic mass is 16.4. The van der Waals surface area contributed by atoms with Crippen LogP contribution in [-0.4, -0.2) is 79.7 Å². The number of H-pyrrole nitrogens is 2. The zero-order valence-corrected chi connectivity index (χ0v) is 21.8. The van der Waals surface area contributed by atoms with Crippen molar-refractivity contribution in [3.05, 3.63) is 54.2 Å². The van der Waals surface area contributed by atoms with Crippen LogP contribution in [0.5, 0.6) is 0 Å². The summed E-state index contributed by atoms with van der Waals surface area (Å²) in [5.74, 6) is -6.07. The Labute approximate surface area is 232 Å². The molecule has 16 nitrogen and oxygen atoms in total. The lowest BCUT2D eigenvalue weighted by Crippen LogP contribution is -2.58. The molecule has 0 spiro atoms. The van der Waals surface area contributed by atoms with Gasteiger partial charge in [-0.3, -0.25) is 24.0 Å². The first-order valence-corrected chi connectivity index (χ1v) is 12.4. The zero-order valence-electron chi connectivity index (χ0n) is 21.8. The van der Waals surface area contributed by atoms with Gasteiger partial charge in [-0.15, -0.1) is 0 Å². The van der Waals surface area contributed by atoms with Crippen molar-refractivity contribution < 1.29 is 33.9 Å². The number of nitrogens with one attached hydrogen (secondary N) is 5. The molecule has 0 aliphatic heterocycles. The number of imidazole rings is 1. The highest BCUT2D eigenvalue weighted by Gasteiger charge is 2.32. The molecule has 41 heavy (non-hydrogen) atoms. The minimum atomic E-state index is -1.66. The number of benzene rings is 1. The fraction of sp³-hybridized carbons (Fsp3) is 0.320. The third-order valence-corrected chi connectivity index (χ3v) is 6.12. The third kappa shape index (κ3) is 8.62. The van der Waals surface area contributed by atoms with Crippen molar-refractivity contribution in [3.63, 3.8) is 0 Å². The minimum Gasteiger partial charge on any atom is -0.480 e. The number of carboxylic acid groups (broad SMARTS) is 1. The molecule has 4 atom stereocenters. The maximum Gasteiger partial charge on any atom is 0.326 e. The van der Waals surface area contributed by atoms with E-state index in [0.717, 1.165) is 10.9 Å². The summed E-state index contributed by atoms with van der Waals surface area (Å²) in [5.41, 5.74) is 18.2. The molecule has 0 aliphatic rings. The normalized spacial score (nSPS) is 13.9. The number of nitrogens with zero attached hydrogens (tertiary/aromatic N) is 1. The summed E-state index contributed by atoms with van der Waals surface area (Å²) in [5, 5.41) is 17.2. The fourth-order valence-electron chi connectivity index (χ4n) is 4.09. The smallest absolute Gasteiger partial charge is 0.326 e. The lowest BCUT2D eigenvalue weighted by molar-refractivity contribution is -0.143. The maximum atomic E-state index is 13.3. The van der Waals surface area contributed by atoms with E-state index in [2.05, 4.69) is 30.9 Å². The van der Waals surface area contributed by atoms with E-state index in [-0.39, 0.29) is 12.8 Å². The van der Waals surface area contributed by atoms with Crippen LogP contribution < -0.4 is 33.2 Å². The molecule has 2 aromatic heterocycles. The summed E-state index contributed by atoms with van der Waals surface area (Å²) in [7, 11) is 0. The topological polar surface area (TPSA) is 281 Å². The summed E-state index contributed by atoms with van der Waals surface area (Å²) in [6.07, 6.45) is 3.11. The Kier molecular flexibility index (Phi) is 10.1. The number of primary amides is 2. The molecule has 5 amide bonds. The van der Waals surface area contributed by atoms with Gasteiger partial charge in [-0.25, -0.2) is 9.78 Å². The van der Waals surface area contributed by atoms with Crippen molar-refractivity contribution >= 4 is 46.4 Å². The predicted molar refractivity (Wildman–Crippen MR) is 143 cm³/mol. The fourth-order valence-corrected chi connectivity index (χ4v) is 4.09. The molecular formula is C25H31N9O7. The van der Waals surface area contributed by atoms with Gasteiger partial charge in [0, 0.05) is 41.8 Å². The van der Waals surface area contributed by atoms with Crippen molar-refractivity contribution in [2.45, 2.75) is 49.9 Å². The summed E-state index contributed by atoms with van der Waals surface area (Å²) >= 11 is 0. The van der Waals surface area contributed by atoms with E-state index in [1.54, 1.807) is 30.5 Å². The molecule has 1 aromatic carbocycles. The molecule has 3 aromatic rings. The zero-order chi connectivity index (χ0) is 30.1. The van der Waals surface area contributed by atoms with Gasteiger partial charge in [-0.2, -0.15) is 0 Å². The van der Waals surface area contributed by atoms with E-state index in [1.165, 1.54) is 12.5 Å². The van der Waals surface area contributed by atoms with E-state index < -0.39 is 72.5 Å². The van der Waals surface area contributed by atoms with Gasteiger partial charge in [0.05, 0.1) is 25.2 Å². The van der Waals surface area contributed by atoms with Crippen LogP contribution >= 0.6 is 0 Å². The molecule has 12 N–H and O–H groups in total. The number of aliphatic carboxylic acids is 1. The van der Waals surface area contributed by atoms with Crippen LogP contribution in [0.3, 0.4) is 0 Å². The van der Waals surface area contributed by atoms with E-state index >= 15 is 0 Å². The quantitative estimate of drug-likeness (QED) is 0.0918. The van der Waals surface area contributed by atoms with Crippen molar-refractivity contribution in [1.29, 1.82) is 0 Å². The predicted octanol–water partition coefficient (Wildman–Crippen LogP) is -2.71. The monoisotopic (exact) mass is 569 g/mol. The number of nitrogens with two attached hydrogens (primary N) is 3. The lowest BCUT2D eigenvalue weighted by atomic mass is 10.0. The Hall–Kier alpha value is -5.25. The highest BCUT2D eigenvalue weighted by Crippen LogP contribution is 2.19. The standard InChI is InChI=1S/C25H31N9O7/c26-15(6-13-10-29-11-31-13)22(37)32-18(7-20(27)35)24(39)33-17(23(38)34-19(25(40)41)8-21(28)36)5-12-9-30-16-4-2-1-3-14(12)16/h1-4,9-11,15,17-19,30H,5-8,26H2,(H2,27,35)(H2,28,36)(H,29,31)(H,32,37)(H,33,39)(H,34,38)(H,40,41). The van der Waals surface area contributed by atoms with E-state index in [1.807, 2.05) is 0 Å². The van der Waals surface area contributed by atoms with E-state index in [4.69, 9.17) is 17.2 Å². The van der Waals surface area contributed by atoms with Gasteiger partial charge in [0.2, 0.25) is 29.5 Å². The number of fused-ring (bicyclic) bond motifs is 1. The Morgan fingerprint density at radius 3 is 2.07 bits per heavy atom. The Bertz CT molecular complexity index is 1420. The van der Waals surface area contributed by atoms with Gasteiger partial charge < -0.3 is 48.2 Å². The lowest BCUT2D eigenvalue weighted by Gasteiger charge is -2.24. The van der Waals surface area contributed by atoms with Crippen molar-refractivity contribution in [2.24, 2.45) is 17.2 Å². The summed E-state index contributed by atoms with van der Waals surface area (Å²) in [4.78, 5) is 83.6. The number of amides is 5. The Balaban J connectivity index is 1.83. The highest BCUT2D eigenvalue weighted by molar-refractivity contribution is 5.97. The Morgan fingerprint density at radius 1 is 0.829 bits per heavy atom. The van der Waals surface area contributed by atoms with Crippen molar-refractivity contribution in [1.82, 2.24) is 30.9 Å². The van der Waals surface area contributed by atoms with E-state index in [0.29, 0.717) is 11.3 Å². The second kappa shape index (κ2) is 13.7. The number of aromatic nitrogens is 3. The van der Waals surface area contributed by atoms with Gasteiger partial charge >= 0.3 is 5.97 Å². The van der Waals surface area contributed by atoms with Crippen LogP contribution in [0.15, 0.2) is 43.0 Å². The largest absolute Gasteiger partial charge is 0.480 e. The number of carboxylic acids is 1. The third-order valence-electron chi connectivity index (χ3n) is 6.12. The van der Waals surface area contributed by atoms with Gasteiger partial charge in [-0.1, -0.05) is 18.2 Å². The maximum absolute atomic E-state index is 13.3. The number of para-hydroxylation sites is 1. The van der Waals surface area contributed by atoms with Crippen LogP contribution in [-0.2, 0) is 41.6 Å². The van der Waals surface area contributed by atoms with Crippen LogP contribution in [0.1, 0.15) is 24.1 Å². The molecular weight excluding hydrogens is 538 g/mol. The van der Waals surface area contributed by atoms with Gasteiger partial charge in [0.25, 0.3) is 0 Å². The first-order chi connectivity index (χ1) is 19.4. The van der Waals surface area contributed by atoms with E-state index in [9.17, 15) is 33.9 Å². The SMILES string of the molecule is NC(=O)CC(NC(=O)C(Cc1c[nH]c2ccccc12)NC(=O)C(CC(N)=O)NC(=O)C(N)Cc1cnc[nH]1)C(=O)O. The second-order valence-electron chi connectivity index (χ2n) is 9.31. The molecule has 0 saturated heterocycles. The average molecular weight is 570 g/mol. The van der Waals surface area contributed by atoms with Gasteiger partial charge in [-0.05, 0) is 11.6 Å². The number of hydrogen-bond donors (Lipinski definition) is 9.